The third kappa shape index (κ3) is 2.90. The molecule has 28 heavy (non-hydrogen) atoms. The largest absolute Gasteiger partial charge is 0.330 e. The number of halogens is 1. The summed E-state index contributed by atoms with van der Waals surface area (Å²) in [5, 5.41) is 10.6. The van der Waals surface area contributed by atoms with E-state index < -0.39 is 0 Å². The number of amides is 1. The van der Waals surface area contributed by atoms with E-state index in [-0.39, 0.29) is 17.8 Å². The molecule has 3 heterocycles. The molecule has 3 atom stereocenters. The van der Waals surface area contributed by atoms with Gasteiger partial charge in [-0.05, 0) is 29.7 Å². The maximum atomic E-state index is 13.9. The van der Waals surface area contributed by atoms with E-state index in [4.69, 9.17) is 0 Å². The number of rotatable bonds is 3. The highest BCUT2D eigenvalue weighted by Gasteiger charge is 2.47. The highest BCUT2D eigenvalue weighted by molar-refractivity contribution is 5.94. The predicted octanol–water partition coefficient (Wildman–Crippen LogP) is 3.25. The molecule has 0 unspecified atom stereocenters. The van der Waals surface area contributed by atoms with E-state index >= 15 is 0 Å². The summed E-state index contributed by atoms with van der Waals surface area (Å²) in [5.74, 6) is 0.321. The van der Waals surface area contributed by atoms with Crippen molar-refractivity contribution in [1.29, 1.82) is 0 Å². The van der Waals surface area contributed by atoms with E-state index in [1.807, 2.05) is 41.3 Å². The number of aromatic amines is 1. The molecule has 142 valence electrons. The minimum absolute atomic E-state index is 0.0849. The zero-order chi connectivity index (χ0) is 19.1. The van der Waals surface area contributed by atoms with Gasteiger partial charge in [0.2, 0.25) is 0 Å². The van der Waals surface area contributed by atoms with Crippen molar-refractivity contribution >= 4 is 5.91 Å². The van der Waals surface area contributed by atoms with Crippen molar-refractivity contribution < 1.29 is 9.18 Å². The van der Waals surface area contributed by atoms with Crippen molar-refractivity contribution in [2.75, 3.05) is 19.6 Å². The van der Waals surface area contributed by atoms with Crippen LogP contribution in [0.4, 0.5) is 4.39 Å². The molecule has 2 aliphatic rings. The summed E-state index contributed by atoms with van der Waals surface area (Å²) in [6.07, 6.45) is 0. The number of likely N-dealkylation sites (tertiary alicyclic amines) is 1. The Balaban J connectivity index is 1.47. The lowest BCUT2D eigenvalue weighted by Gasteiger charge is -2.28. The van der Waals surface area contributed by atoms with Crippen LogP contribution in [-0.4, -0.2) is 40.6 Å². The number of hydrogen-bond acceptors (Lipinski definition) is 3. The Hall–Kier alpha value is -2.99. The topological polar surface area (TPSA) is 61.0 Å². The van der Waals surface area contributed by atoms with Crippen LogP contribution in [0.3, 0.4) is 0 Å². The molecule has 2 aliphatic heterocycles. The van der Waals surface area contributed by atoms with Gasteiger partial charge in [-0.2, -0.15) is 5.10 Å². The maximum Gasteiger partial charge on any atom is 0.272 e. The highest BCUT2D eigenvalue weighted by atomic mass is 19.1. The Morgan fingerprint density at radius 2 is 1.93 bits per heavy atom. The van der Waals surface area contributed by atoms with Crippen LogP contribution in [0.15, 0.2) is 60.7 Å². The predicted molar refractivity (Wildman–Crippen MR) is 104 cm³/mol. The van der Waals surface area contributed by atoms with E-state index in [1.54, 1.807) is 18.2 Å². The van der Waals surface area contributed by atoms with E-state index in [1.165, 1.54) is 6.07 Å². The first-order valence-electron chi connectivity index (χ1n) is 9.58. The summed E-state index contributed by atoms with van der Waals surface area (Å²) >= 11 is 0. The molecule has 3 aromatic rings. The van der Waals surface area contributed by atoms with Crippen molar-refractivity contribution in [3.8, 4) is 11.3 Å². The molecule has 0 bridgehead atoms. The first-order valence-corrected chi connectivity index (χ1v) is 9.58. The van der Waals surface area contributed by atoms with Gasteiger partial charge in [0.15, 0.2) is 0 Å². The number of carbonyl (C=O) groups excluding carboxylic acids is 1. The van der Waals surface area contributed by atoms with E-state index in [0.717, 1.165) is 29.9 Å². The van der Waals surface area contributed by atoms with Gasteiger partial charge in [-0.15, -0.1) is 0 Å². The maximum absolute atomic E-state index is 13.9. The fourth-order valence-electron chi connectivity index (χ4n) is 4.59. The van der Waals surface area contributed by atoms with Crippen LogP contribution >= 0.6 is 0 Å². The molecular weight excluding hydrogens is 355 g/mol. The van der Waals surface area contributed by atoms with Crippen LogP contribution in [0.1, 0.15) is 22.1 Å². The lowest BCUT2D eigenvalue weighted by molar-refractivity contribution is 0.0707. The second kappa shape index (κ2) is 6.87. The van der Waals surface area contributed by atoms with Gasteiger partial charge < -0.3 is 10.2 Å². The number of fused-ring (bicyclic) bond motifs is 1. The summed E-state index contributed by atoms with van der Waals surface area (Å²) < 4.78 is 13.9. The molecule has 5 rings (SSSR count). The number of nitrogens with zero attached hydrogens (tertiary/aromatic N) is 2. The standard InChI is InChI=1S/C22H21FN4O/c23-17-8-4-7-15(9-17)21-18-12-24-11-16(18)13-27(21)22(28)20-10-19(25-26-20)14-5-2-1-3-6-14/h1-10,16,18,21,24H,11-13H2,(H,25,26)/t16-,18-,21+/m0/s1. The van der Waals surface area contributed by atoms with E-state index in [0.29, 0.717) is 24.1 Å². The van der Waals surface area contributed by atoms with Crippen LogP contribution in [-0.2, 0) is 0 Å². The molecule has 0 radical (unpaired) electrons. The Morgan fingerprint density at radius 3 is 2.75 bits per heavy atom. The first kappa shape index (κ1) is 17.1. The number of H-pyrrole nitrogens is 1. The fourth-order valence-corrected chi connectivity index (χ4v) is 4.59. The summed E-state index contributed by atoms with van der Waals surface area (Å²) in [5.41, 5.74) is 3.02. The quantitative estimate of drug-likeness (QED) is 0.738. The molecule has 0 saturated carbocycles. The summed E-state index contributed by atoms with van der Waals surface area (Å²) in [6.45, 7) is 2.39. The molecule has 1 amide bonds. The summed E-state index contributed by atoms with van der Waals surface area (Å²) in [4.78, 5) is 15.2. The monoisotopic (exact) mass is 376 g/mol. The normalized spacial score (nSPS) is 23.8. The van der Waals surface area contributed by atoms with Gasteiger partial charge in [0.1, 0.15) is 11.5 Å². The molecule has 0 aliphatic carbocycles. The number of benzene rings is 2. The van der Waals surface area contributed by atoms with Crippen LogP contribution in [0.5, 0.6) is 0 Å². The van der Waals surface area contributed by atoms with Crippen molar-refractivity contribution in [1.82, 2.24) is 20.4 Å². The first-order chi connectivity index (χ1) is 13.7. The number of carbonyl (C=O) groups is 1. The van der Waals surface area contributed by atoms with Crippen LogP contribution in [0, 0.1) is 17.7 Å². The Labute approximate surface area is 162 Å². The molecular formula is C22H21FN4O. The fraction of sp³-hybridized carbons (Fsp3) is 0.273. The van der Waals surface area contributed by atoms with Crippen molar-refractivity contribution in [2.24, 2.45) is 11.8 Å². The Kier molecular flexibility index (Phi) is 4.20. The van der Waals surface area contributed by atoms with E-state index in [2.05, 4.69) is 15.5 Å². The molecule has 2 saturated heterocycles. The number of aromatic nitrogens is 2. The van der Waals surface area contributed by atoms with Gasteiger partial charge in [-0.1, -0.05) is 42.5 Å². The lowest BCUT2D eigenvalue weighted by atomic mass is 9.89. The molecule has 0 spiro atoms. The average Bonchev–Trinajstić information content (AvgIpc) is 3.44. The second-order valence-corrected chi connectivity index (χ2v) is 7.57. The molecule has 6 heteroatoms. The second-order valence-electron chi connectivity index (χ2n) is 7.57. The highest BCUT2D eigenvalue weighted by Crippen LogP contribution is 2.43. The van der Waals surface area contributed by atoms with E-state index in [9.17, 15) is 9.18 Å². The number of hydrogen-bond donors (Lipinski definition) is 2. The van der Waals surface area contributed by atoms with Gasteiger partial charge in [-0.25, -0.2) is 4.39 Å². The van der Waals surface area contributed by atoms with Crippen molar-refractivity contribution in [3.05, 3.63) is 77.7 Å². The molecule has 2 N–H and O–H groups in total. The lowest BCUT2D eigenvalue weighted by Crippen LogP contribution is -2.35. The third-order valence-corrected chi connectivity index (χ3v) is 5.89. The molecule has 2 fully saturated rings. The Morgan fingerprint density at radius 1 is 1.07 bits per heavy atom. The zero-order valence-corrected chi connectivity index (χ0v) is 15.3. The van der Waals surface area contributed by atoms with Gasteiger partial charge in [0.25, 0.3) is 5.91 Å². The molecule has 1 aromatic heterocycles. The van der Waals surface area contributed by atoms with Gasteiger partial charge in [0, 0.05) is 31.1 Å². The van der Waals surface area contributed by atoms with Crippen LogP contribution in [0.25, 0.3) is 11.3 Å². The van der Waals surface area contributed by atoms with Crippen molar-refractivity contribution in [2.45, 2.75) is 6.04 Å². The minimum atomic E-state index is -0.271. The number of nitrogens with one attached hydrogen (secondary N) is 2. The van der Waals surface area contributed by atoms with Gasteiger partial charge in [-0.3, -0.25) is 9.89 Å². The Bertz CT molecular complexity index is 1000. The van der Waals surface area contributed by atoms with Gasteiger partial charge >= 0.3 is 0 Å². The zero-order valence-electron chi connectivity index (χ0n) is 15.3. The summed E-state index contributed by atoms with van der Waals surface area (Å²) in [7, 11) is 0. The molecule has 5 nitrogen and oxygen atoms in total. The van der Waals surface area contributed by atoms with Crippen molar-refractivity contribution in [3.63, 3.8) is 0 Å². The third-order valence-electron chi connectivity index (χ3n) is 5.89. The van der Waals surface area contributed by atoms with Crippen LogP contribution < -0.4 is 5.32 Å². The van der Waals surface area contributed by atoms with Gasteiger partial charge in [0.05, 0.1) is 11.7 Å². The SMILES string of the molecule is O=C(c1cc(-c2ccccc2)n[nH]1)N1C[C@@H]2CNC[C@@H]2[C@H]1c1cccc(F)c1. The summed E-state index contributed by atoms with van der Waals surface area (Å²) in [6, 6.07) is 18.0. The average molecular weight is 376 g/mol. The smallest absolute Gasteiger partial charge is 0.272 e. The van der Waals surface area contributed by atoms with Crippen LogP contribution in [0.2, 0.25) is 0 Å². The minimum Gasteiger partial charge on any atom is -0.330 e. The molecule has 2 aromatic carbocycles.